The predicted octanol–water partition coefficient (Wildman–Crippen LogP) is 7.72. The molecule has 0 aliphatic rings. The summed E-state index contributed by atoms with van der Waals surface area (Å²) in [5.41, 5.74) is 3.88. The SMILES string of the molecule is CC[C@@H](/C=C(/C)[C@@H](CC(C)=O)OCc1ccc(OC)cc1)CO[Si](C(C)C)(C(C)C)C(C)C. The maximum atomic E-state index is 11.9. The number of Topliss-reactive ketones (excluding diaryl/α,β-unsaturated/α-hetero) is 1. The van der Waals surface area contributed by atoms with Gasteiger partial charge in [0.1, 0.15) is 11.5 Å². The maximum Gasteiger partial charge on any atom is 0.200 e. The molecule has 0 saturated heterocycles. The smallest absolute Gasteiger partial charge is 0.200 e. The third-order valence-electron chi connectivity index (χ3n) is 6.87. The summed E-state index contributed by atoms with van der Waals surface area (Å²) in [6.45, 7) is 21.1. The van der Waals surface area contributed by atoms with Crippen molar-refractivity contribution in [1.82, 2.24) is 0 Å². The molecule has 188 valence electrons. The molecular weight excluding hydrogens is 428 g/mol. The minimum absolute atomic E-state index is 0.137. The van der Waals surface area contributed by atoms with Crippen LogP contribution >= 0.6 is 0 Å². The Bertz CT molecular complexity index is 715. The quantitative estimate of drug-likeness (QED) is 0.192. The number of hydrogen-bond acceptors (Lipinski definition) is 4. The molecule has 0 fully saturated rings. The monoisotopic (exact) mass is 476 g/mol. The Labute approximate surface area is 204 Å². The third-order valence-corrected chi connectivity index (χ3v) is 12.9. The number of methoxy groups -OCH3 is 1. The lowest BCUT2D eigenvalue weighted by Gasteiger charge is -2.43. The zero-order valence-electron chi connectivity index (χ0n) is 22.7. The van der Waals surface area contributed by atoms with Crippen molar-refractivity contribution in [3.8, 4) is 5.75 Å². The summed E-state index contributed by atoms with van der Waals surface area (Å²) in [5.74, 6) is 1.27. The number of hydrogen-bond donors (Lipinski definition) is 0. The molecule has 0 heterocycles. The van der Waals surface area contributed by atoms with Crippen molar-refractivity contribution in [2.24, 2.45) is 5.92 Å². The van der Waals surface area contributed by atoms with Gasteiger partial charge in [0, 0.05) is 13.0 Å². The number of benzene rings is 1. The Morgan fingerprint density at radius 1 is 0.970 bits per heavy atom. The highest BCUT2D eigenvalue weighted by molar-refractivity contribution is 6.77. The number of ether oxygens (including phenoxy) is 2. The molecule has 0 amide bonds. The first-order valence-corrected chi connectivity index (χ1v) is 14.7. The van der Waals surface area contributed by atoms with Gasteiger partial charge in [-0.3, -0.25) is 4.79 Å². The van der Waals surface area contributed by atoms with E-state index in [0.717, 1.165) is 29.9 Å². The average Bonchev–Trinajstić information content (AvgIpc) is 2.75. The van der Waals surface area contributed by atoms with Gasteiger partial charge < -0.3 is 13.9 Å². The van der Waals surface area contributed by atoms with Crippen LogP contribution in [0.15, 0.2) is 35.9 Å². The first-order valence-electron chi connectivity index (χ1n) is 12.5. The summed E-state index contributed by atoms with van der Waals surface area (Å²) >= 11 is 0. The van der Waals surface area contributed by atoms with Crippen LogP contribution in [0.5, 0.6) is 5.75 Å². The van der Waals surface area contributed by atoms with Crippen LogP contribution in [0.3, 0.4) is 0 Å². The molecule has 0 spiro atoms. The Morgan fingerprint density at radius 3 is 1.94 bits per heavy atom. The molecule has 1 aromatic rings. The van der Waals surface area contributed by atoms with Crippen LogP contribution in [0.25, 0.3) is 0 Å². The highest BCUT2D eigenvalue weighted by Crippen LogP contribution is 2.42. The molecule has 0 aliphatic heterocycles. The number of carbonyl (C=O) groups excluding carboxylic acids is 1. The maximum absolute atomic E-state index is 11.9. The average molecular weight is 477 g/mol. The van der Waals surface area contributed by atoms with Gasteiger partial charge in [0.15, 0.2) is 8.32 Å². The van der Waals surface area contributed by atoms with Gasteiger partial charge in [-0.1, -0.05) is 66.7 Å². The summed E-state index contributed by atoms with van der Waals surface area (Å²) in [6, 6.07) is 7.86. The van der Waals surface area contributed by atoms with E-state index in [0.29, 0.717) is 35.6 Å². The van der Waals surface area contributed by atoms with E-state index in [1.807, 2.05) is 24.3 Å². The topological polar surface area (TPSA) is 44.8 Å². The molecule has 1 aromatic carbocycles. The summed E-state index contributed by atoms with van der Waals surface area (Å²) in [7, 11) is -0.244. The molecule has 33 heavy (non-hydrogen) atoms. The molecule has 4 nitrogen and oxygen atoms in total. The van der Waals surface area contributed by atoms with E-state index in [9.17, 15) is 4.79 Å². The molecule has 0 aromatic heterocycles. The summed E-state index contributed by atoms with van der Waals surface area (Å²) in [6.07, 6.45) is 3.45. The van der Waals surface area contributed by atoms with E-state index in [2.05, 4.69) is 61.5 Å². The van der Waals surface area contributed by atoms with Crippen molar-refractivity contribution in [1.29, 1.82) is 0 Å². The molecule has 0 aliphatic carbocycles. The second kappa shape index (κ2) is 14.1. The Balaban J connectivity index is 2.96. The van der Waals surface area contributed by atoms with Crippen LogP contribution in [0.2, 0.25) is 16.6 Å². The van der Waals surface area contributed by atoms with Crippen molar-refractivity contribution in [3.63, 3.8) is 0 Å². The van der Waals surface area contributed by atoms with Crippen LogP contribution in [-0.2, 0) is 20.6 Å². The summed E-state index contributed by atoms with van der Waals surface area (Å²) in [5, 5.41) is 0. The lowest BCUT2D eigenvalue weighted by Crippen LogP contribution is -2.48. The van der Waals surface area contributed by atoms with Crippen molar-refractivity contribution in [2.45, 2.75) is 104 Å². The number of rotatable bonds is 15. The second-order valence-corrected chi connectivity index (χ2v) is 15.7. The van der Waals surface area contributed by atoms with Crippen molar-refractivity contribution < 1.29 is 18.7 Å². The minimum Gasteiger partial charge on any atom is -0.497 e. The van der Waals surface area contributed by atoms with Crippen molar-refractivity contribution >= 4 is 14.1 Å². The molecule has 1 rings (SSSR count). The van der Waals surface area contributed by atoms with Crippen LogP contribution in [-0.4, -0.2) is 33.9 Å². The van der Waals surface area contributed by atoms with Crippen LogP contribution in [0.4, 0.5) is 0 Å². The van der Waals surface area contributed by atoms with Crippen LogP contribution in [0, 0.1) is 5.92 Å². The normalized spacial score (nSPS) is 14.8. The van der Waals surface area contributed by atoms with E-state index in [4.69, 9.17) is 13.9 Å². The molecule has 2 atom stereocenters. The van der Waals surface area contributed by atoms with E-state index in [-0.39, 0.29) is 11.9 Å². The Hall–Kier alpha value is -1.43. The van der Waals surface area contributed by atoms with E-state index in [1.165, 1.54) is 0 Å². The van der Waals surface area contributed by atoms with Crippen molar-refractivity contribution in [3.05, 3.63) is 41.5 Å². The van der Waals surface area contributed by atoms with Crippen molar-refractivity contribution in [2.75, 3.05) is 13.7 Å². The molecule has 0 N–H and O–H groups in total. The van der Waals surface area contributed by atoms with Gasteiger partial charge >= 0.3 is 0 Å². The third kappa shape index (κ3) is 8.69. The van der Waals surface area contributed by atoms with E-state index >= 15 is 0 Å². The Kier molecular flexibility index (Phi) is 12.6. The zero-order chi connectivity index (χ0) is 25.2. The highest BCUT2D eigenvalue weighted by Gasteiger charge is 2.45. The summed E-state index contributed by atoms with van der Waals surface area (Å²) < 4.78 is 18.3. The summed E-state index contributed by atoms with van der Waals surface area (Å²) in [4.78, 5) is 11.9. The van der Waals surface area contributed by atoms with Gasteiger partial charge in [-0.25, -0.2) is 0 Å². The molecule has 0 radical (unpaired) electrons. The standard InChI is InChI=1S/C28H48O4Si/c1-11-25(19-32-33(20(2)3,21(4)5)22(6)7)16-23(8)28(17-24(9)29)31-18-26-12-14-27(30-10)15-13-26/h12-16,20-22,25,28H,11,17-19H2,1-10H3/b23-16-/t25-,28+/m0/s1. The van der Waals surface area contributed by atoms with Gasteiger partial charge in [-0.15, -0.1) is 0 Å². The van der Waals surface area contributed by atoms with Gasteiger partial charge in [0.05, 0.1) is 19.8 Å². The lowest BCUT2D eigenvalue weighted by atomic mass is 9.99. The predicted molar refractivity (Wildman–Crippen MR) is 141 cm³/mol. The fraction of sp³-hybridized carbons (Fsp3) is 0.679. The molecule has 0 bridgehead atoms. The van der Waals surface area contributed by atoms with Gasteiger partial charge in [0.25, 0.3) is 0 Å². The molecular formula is C28H48O4Si. The largest absolute Gasteiger partial charge is 0.497 e. The number of carbonyl (C=O) groups is 1. The van der Waals surface area contributed by atoms with Crippen LogP contribution in [0.1, 0.15) is 80.7 Å². The molecule has 0 saturated carbocycles. The lowest BCUT2D eigenvalue weighted by molar-refractivity contribution is -0.119. The fourth-order valence-corrected chi connectivity index (χ4v) is 10.5. The zero-order valence-corrected chi connectivity index (χ0v) is 23.7. The first kappa shape index (κ1) is 29.6. The molecule has 5 heteroatoms. The van der Waals surface area contributed by atoms with Gasteiger partial charge in [-0.05, 0) is 66.1 Å². The van der Waals surface area contributed by atoms with Gasteiger partial charge in [-0.2, -0.15) is 0 Å². The highest BCUT2D eigenvalue weighted by atomic mass is 28.4. The van der Waals surface area contributed by atoms with Gasteiger partial charge in [0.2, 0.25) is 0 Å². The molecule has 0 unspecified atom stereocenters. The number of ketones is 1. The Morgan fingerprint density at radius 2 is 1.52 bits per heavy atom. The van der Waals surface area contributed by atoms with E-state index in [1.54, 1.807) is 14.0 Å². The van der Waals surface area contributed by atoms with Crippen LogP contribution < -0.4 is 4.74 Å². The minimum atomic E-state index is -1.90. The van der Waals surface area contributed by atoms with E-state index < -0.39 is 8.32 Å². The second-order valence-electron chi connectivity index (χ2n) is 10.3. The first-order chi connectivity index (χ1) is 15.5. The fourth-order valence-electron chi connectivity index (χ4n) is 5.05.